The van der Waals surface area contributed by atoms with E-state index in [-0.39, 0.29) is 17.3 Å². The van der Waals surface area contributed by atoms with Gasteiger partial charge in [-0.05, 0) is 65.3 Å². The zero-order valence-corrected chi connectivity index (χ0v) is 26.1. The number of ether oxygens (including phenoxy) is 1. The average molecular weight is 643 g/mol. The summed E-state index contributed by atoms with van der Waals surface area (Å²) in [6.07, 6.45) is -6.57. The van der Waals surface area contributed by atoms with Crippen LogP contribution in [-0.2, 0) is 17.6 Å². The third-order valence-corrected chi connectivity index (χ3v) is 8.70. The van der Waals surface area contributed by atoms with Crippen LogP contribution in [0.1, 0.15) is 57.2 Å². The zero-order valence-electron chi connectivity index (χ0n) is 26.1. The first-order valence-electron chi connectivity index (χ1n) is 15.7. The van der Waals surface area contributed by atoms with Crippen LogP contribution in [0.3, 0.4) is 0 Å². The van der Waals surface area contributed by atoms with Crippen molar-refractivity contribution in [3.05, 3.63) is 136 Å². The molecule has 47 heavy (non-hydrogen) atoms. The van der Waals surface area contributed by atoms with E-state index >= 15 is 0 Å². The molecule has 0 saturated carbocycles. The summed E-state index contributed by atoms with van der Waals surface area (Å²) >= 11 is 0. The molecule has 4 aromatic carbocycles. The maximum Gasteiger partial charge on any atom is 0.315 e. The number of aliphatic hydroxyl groups excluding tert-OH is 5. The first kappa shape index (κ1) is 34.1. The summed E-state index contributed by atoms with van der Waals surface area (Å²) in [6.45, 7) is 1.69. The van der Waals surface area contributed by atoms with Gasteiger partial charge in [-0.1, -0.05) is 84.9 Å². The zero-order chi connectivity index (χ0) is 33.5. The first-order chi connectivity index (χ1) is 22.7. The van der Waals surface area contributed by atoms with E-state index in [1.165, 1.54) is 0 Å². The molecule has 4 aromatic rings. The SMILES string of the molecule is Cc1cc(O)c([C@@H]2O[C@H](CO)[C@@H](O)[C@H](O)[C@H]2O)cc1Cc1ccc(CCNC(=O)N[C@H](c2ccccc2)[C@@H](O)c2ccccc2)cc1. The predicted octanol–water partition coefficient (Wildman–Crippen LogP) is 3.12. The first-order valence-corrected chi connectivity index (χ1v) is 15.7. The second kappa shape index (κ2) is 15.5. The van der Waals surface area contributed by atoms with Crippen molar-refractivity contribution in [3.63, 3.8) is 0 Å². The van der Waals surface area contributed by atoms with Crippen LogP contribution in [0.4, 0.5) is 4.79 Å². The molecule has 0 aromatic heterocycles. The average Bonchev–Trinajstić information content (AvgIpc) is 3.09. The van der Waals surface area contributed by atoms with E-state index in [4.69, 9.17) is 4.74 Å². The maximum atomic E-state index is 12.9. The highest BCUT2D eigenvalue weighted by Crippen LogP contribution is 2.38. The third kappa shape index (κ3) is 8.17. The van der Waals surface area contributed by atoms with E-state index in [1.54, 1.807) is 12.1 Å². The molecule has 248 valence electrons. The maximum absolute atomic E-state index is 12.9. The minimum Gasteiger partial charge on any atom is -0.508 e. The van der Waals surface area contributed by atoms with Gasteiger partial charge in [0.25, 0.3) is 0 Å². The fourth-order valence-corrected chi connectivity index (χ4v) is 5.94. The molecule has 10 nitrogen and oxygen atoms in total. The highest BCUT2D eigenvalue weighted by molar-refractivity contribution is 5.74. The smallest absolute Gasteiger partial charge is 0.315 e. The molecule has 0 bridgehead atoms. The fourth-order valence-electron chi connectivity index (χ4n) is 5.94. The number of nitrogens with one attached hydrogen (secondary N) is 2. The number of phenols is 1. The summed E-state index contributed by atoms with van der Waals surface area (Å²) in [4.78, 5) is 12.9. The summed E-state index contributed by atoms with van der Waals surface area (Å²) in [7, 11) is 0. The predicted molar refractivity (Wildman–Crippen MR) is 176 cm³/mol. The van der Waals surface area contributed by atoms with Gasteiger partial charge >= 0.3 is 6.03 Å². The fraction of sp³-hybridized carbons (Fsp3) is 0.324. The number of rotatable bonds is 11. The van der Waals surface area contributed by atoms with E-state index in [2.05, 4.69) is 10.6 Å². The molecule has 1 heterocycles. The Morgan fingerprint density at radius 2 is 1.45 bits per heavy atom. The van der Waals surface area contributed by atoms with Gasteiger partial charge in [0.15, 0.2) is 0 Å². The lowest BCUT2D eigenvalue weighted by Gasteiger charge is -2.40. The van der Waals surface area contributed by atoms with Gasteiger partial charge in [-0.2, -0.15) is 0 Å². The molecule has 10 heteroatoms. The minimum atomic E-state index is -1.55. The third-order valence-electron chi connectivity index (χ3n) is 8.70. The van der Waals surface area contributed by atoms with Crippen molar-refractivity contribution >= 4 is 6.03 Å². The van der Waals surface area contributed by atoms with Gasteiger partial charge in [-0.25, -0.2) is 4.79 Å². The van der Waals surface area contributed by atoms with Crippen molar-refractivity contribution in [1.29, 1.82) is 0 Å². The van der Waals surface area contributed by atoms with Crippen LogP contribution in [0.15, 0.2) is 97.1 Å². The van der Waals surface area contributed by atoms with Crippen LogP contribution in [-0.4, -0.2) is 74.2 Å². The van der Waals surface area contributed by atoms with Crippen LogP contribution < -0.4 is 10.6 Å². The molecule has 0 aliphatic carbocycles. The Kier molecular flexibility index (Phi) is 11.3. The minimum absolute atomic E-state index is 0.118. The number of hydrogen-bond acceptors (Lipinski definition) is 8. The summed E-state index contributed by atoms with van der Waals surface area (Å²) in [5.74, 6) is -0.118. The normalized spacial score (nSPS) is 22.3. The van der Waals surface area contributed by atoms with Crippen molar-refractivity contribution in [1.82, 2.24) is 10.6 Å². The van der Waals surface area contributed by atoms with Crippen molar-refractivity contribution in [2.75, 3.05) is 13.2 Å². The van der Waals surface area contributed by atoms with Gasteiger partial charge in [-0.3, -0.25) is 0 Å². The molecular formula is C37H42N2O8. The van der Waals surface area contributed by atoms with Crippen molar-refractivity contribution in [2.24, 2.45) is 0 Å². The summed E-state index contributed by atoms with van der Waals surface area (Å²) in [5, 5.41) is 68.1. The summed E-state index contributed by atoms with van der Waals surface area (Å²) < 4.78 is 5.67. The van der Waals surface area contributed by atoms with E-state index in [0.717, 1.165) is 27.8 Å². The van der Waals surface area contributed by atoms with Crippen LogP contribution in [0.25, 0.3) is 0 Å². The molecule has 0 spiro atoms. The molecular weight excluding hydrogens is 600 g/mol. The van der Waals surface area contributed by atoms with Gasteiger partial charge < -0.3 is 46.0 Å². The largest absolute Gasteiger partial charge is 0.508 e. The Balaban J connectivity index is 1.19. The Morgan fingerprint density at radius 3 is 2.09 bits per heavy atom. The van der Waals surface area contributed by atoms with Gasteiger partial charge in [0.2, 0.25) is 0 Å². The molecule has 7 atom stereocenters. The standard InChI is InChI=1S/C37H42N2O8/c1-22-18-29(41)28(36-35(45)34(44)33(43)30(21-40)47-36)20-27(22)19-24-14-12-23(13-15-24)16-17-38-37(46)39-31(25-8-4-2-5-9-25)32(42)26-10-6-3-7-11-26/h2-15,18,20,30-36,40-45H,16-17,19,21H2,1H3,(H2,38,39,46)/t30-,31-,32+,33-,34+,35-,36+/m1/s1. The molecule has 0 radical (unpaired) electrons. The lowest BCUT2D eigenvalue weighted by atomic mass is 9.88. The highest BCUT2D eigenvalue weighted by atomic mass is 16.5. The highest BCUT2D eigenvalue weighted by Gasteiger charge is 2.44. The molecule has 8 N–H and O–H groups in total. The van der Waals surface area contributed by atoms with Crippen molar-refractivity contribution in [2.45, 2.75) is 62.4 Å². The molecule has 1 fully saturated rings. The van der Waals surface area contributed by atoms with E-state index in [0.29, 0.717) is 24.9 Å². The number of hydrogen-bond donors (Lipinski definition) is 8. The lowest BCUT2D eigenvalue weighted by Crippen LogP contribution is -2.55. The van der Waals surface area contributed by atoms with Crippen molar-refractivity contribution < 1.29 is 40.2 Å². The molecule has 2 amide bonds. The molecule has 1 aliphatic heterocycles. The number of carbonyl (C=O) groups is 1. The topological polar surface area (TPSA) is 172 Å². The van der Waals surface area contributed by atoms with Gasteiger partial charge in [0.1, 0.15) is 42.4 Å². The second-order valence-corrected chi connectivity index (χ2v) is 12.0. The number of aryl methyl sites for hydroxylation is 1. The van der Waals surface area contributed by atoms with Crippen LogP contribution in [0.2, 0.25) is 0 Å². The van der Waals surface area contributed by atoms with E-state index < -0.39 is 49.3 Å². The van der Waals surface area contributed by atoms with E-state index in [9.17, 15) is 35.4 Å². The van der Waals surface area contributed by atoms with Crippen LogP contribution in [0, 0.1) is 6.92 Å². The number of aliphatic hydroxyl groups is 5. The molecule has 5 rings (SSSR count). The van der Waals surface area contributed by atoms with Gasteiger partial charge in [-0.15, -0.1) is 0 Å². The Hall–Kier alpha value is -4.29. The lowest BCUT2D eigenvalue weighted by molar-refractivity contribution is -0.232. The number of benzene rings is 4. The van der Waals surface area contributed by atoms with Crippen molar-refractivity contribution in [3.8, 4) is 5.75 Å². The molecule has 1 aliphatic rings. The Labute approximate surface area is 273 Å². The quantitative estimate of drug-likeness (QED) is 0.123. The van der Waals surface area contributed by atoms with Crippen LogP contribution in [0.5, 0.6) is 5.75 Å². The Bertz CT molecular complexity index is 1600. The second-order valence-electron chi connectivity index (χ2n) is 12.0. The number of aromatic hydroxyl groups is 1. The van der Waals surface area contributed by atoms with E-state index in [1.807, 2.05) is 91.9 Å². The number of carbonyl (C=O) groups excluding carboxylic acids is 1. The number of amides is 2. The van der Waals surface area contributed by atoms with Gasteiger partial charge in [0, 0.05) is 12.1 Å². The summed E-state index contributed by atoms with van der Waals surface area (Å²) in [6, 6.07) is 28.8. The number of phenolic OH excluding ortho intramolecular Hbond substituents is 1. The van der Waals surface area contributed by atoms with Gasteiger partial charge in [0.05, 0.1) is 12.6 Å². The molecule has 1 saturated heterocycles. The summed E-state index contributed by atoms with van der Waals surface area (Å²) in [5.41, 5.74) is 5.45. The van der Waals surface area contributed by atoms with Crippen LogP contribution >= 0.6 is 0 Å². The monoisotopic (exact) mass is 642 g/mol. The molecule has 0 unspecified atom stereocenters. The number of urea groups is 1. The Morgan fingerprint density at radius 1 is 0.830 bits per heavy atom.